The predicted molar refractivity (Wildman–Crippen MR) is 84.1 cm³/mol. The first-order valence-corrected chi connectivity index (χ1v) is 7.84. The van der Waals surface area contributed by atoms with E-state index in [-0.39, 0.29) is 11.8 Å². The van der Waals surface area contributed by atoms with Gasteiger partial charge in [0.15, 0.2) is 0 Å². The van der Waals surface area contributed by atoms with Crippen molar-refractivity contribution in [2.24, 2.45) is 0 Å². The summed E-state index contributed by atoms with van der Waals surface area (Å²) in [5.74, 6) is 0.550. The van der Waals surface area contributed by atoms with Crippen molar-refractivity contribution in [2.45, 2.75) is 38.5 Å². The zero-order chi connectivity index (χ0) is 15.7. The SMILES string of the molecule is CNCCNC(=O)c1cc(C2CC2)nc2onc(C(C)C)c12. The molecule has 2 aromatic heterocycles. The van der Waals surface area contributed by atoms with Crippen LogP contribution in [0.5, 0.6) is 0 Å². The van der Waals surface area contributed by atoms with Gasteiger partial charge in [0.1, 0.15) is 0 Å². The minimum Gasteiger partial charge on any atom is -0.351 e. The van der Waals surface area contributed by atoms with Gasteiger partial charge < -0.3 is 15.2 Å². The summed E-state index contributed by atoms with van der Waals surface area (Å²) in [6.45, 7) is 5.39. The molecule has 1 fully saturated rings. The van der Waals surface area contributed by atoms with Crippen LogP contribution in [0.3, 0.4) is 0 Å². The zero-order valence-electron chi connectivity index (χ0n) is 13.3. The smallest absolute Gasteiger partial charge is 0.259 e. The molecule has 0 aliphatic heterocycles. The average Bonchev–Trinajstić information content (AvgIpc) is 3.25. The van der Waals surface area contributed by atoms with E-state index in [2.05, 4.69) is 20.8 Å². The van der Waals surface area contributed by atoms with E-state index in [4.69, 9.17) is 4.52 Å². The number of carbonyl (C=O) groups is 1. The van der Waals surface area contributed by atoms with Crippen LogP contribution in [0.25, 0.3) is 11.1 Å². The third kappa shape index (κ3) is 2.83. The Kier molecular flexibility index (Phi) is 4.11. The summed E-state index contributed by atoms with van der Waals surface area (Å²) in [5.41, 5.74) is 2.85. The normalized spacial score (nSPS) is 14.7. The van der Waals surface area contributed by atoms with Gasteiger partial charge in [0.2, 0.25) is 0 Å². The molecular weight excluding hydrogens is 280 g/mol. The lowest BCUT2D eigenvalue weighted by atomic mass is 10.0. The highest BCUT2D eigenvalue weighted by atomic mass is 16.5. The molecule has 0 spiro atoms. The molecule has 1 aliphatic carbocycles. The Labute approximate surface area is 129 Å². The van der Waals surface area contributed by atoms with E-state index in [1.807, 2.05) is 27.0 Å². The van der Waals surface area contributed by atoms with Crippen molar-refractivity contribution >= 4 is 17.0 Å². The number of nitrogens with zero attached hydrogens (tertiary/aromatic N) is 2. The van der Waals surface area contributed by atoms with Gasteiger partial charge in [-0.1, -0.05) is 19.0 Å². The van der Waals surface area contributed by atoms with Gasteiger partial charge in [-0.3, -0.25) is 4.79 Å². The molecule has 2 heterocycles. The maximum absolute atomic E-state index is 12.6. The minimum absolute atomic E-state index is 0.0883. The highest BCUT2D eigenvalue weighted by molar-refractivity contribution is 6.06. The fraction of sp³-hybridized carbons (Fsp3) is 0.562. The molecule has 2 aromatic rings. The number of carbonyl (C=O) groups excluding carboxylic acids is 1. The summed E-state index contributed by atoms with van der Waals surface area (Å²) < 4.78 is 5.39. The van der Waals surface area contributed by atoms with Crippen molar-refractivity contribution in [2.75, 3.05) is 20.1 Å². The second-order valence-corrected chi connectivity index (χ2v) is 6.13. The van der Waals surface area contributed by atoms with Crippen LogP contribution in [0.2, 0.25) is 0 Å². The van der Waals surface area contributed by atoms with Crippen LogP contribution in [0.1, 0.15) is 60.3 Å². The van der Waals surface area contributed by atoms with Crippen molar-refractivity contribution in [1.82, 2.24) is 20.8 Å². The van der Waals surface area contributed by atoms with E-state index >= 15 is 0 Å². The van der Waals surface area contributed by atoms with Crippen LogP contribution >= 0.6 is 0 Å². The Hall–Kier alpha value is -1.95. The van der Waals surface area contributed by atoms with Crippen LogP contribution in [0, 0.1) is 0 Å². The molecule has 6 nitrogen and oxygen atoms in total. The van der Waals surface area contributed by atoms with E-state index in [0.717, 1.165) is 36.2 Å². The Morgan fingerprint density at radius 1 is 1.41 bits per heavy atom. The number of hydrogen-bond donors (Lipinski definition) is 2. The van der Waals surface area contributed by atoms with Crippen LogP contribution in [-0.4, -0.2) is 36.2 Å². The van der Waals surface area contributed by atoms with Gasteiger partial charge in [-0.15, -0.1) is 0 Å². The fourth-order valence-corrected chi connectivity index (χ4v) is 2.55. The molecule has 0 aromatic carbocycles. The van der Waals surface area contributed by atoms with E-state index in [9.17, 15) is 4.79 Å². The molecule has 3 rings (SSSR count). The summed E-state index contributed by atoms with van der Waals surface area (Å²) in [6.07, 6.45) is 2.26. The number of aromatic nitrogens is 2. The van der Waals surface area contributed by atoms with Gasteiger partial charge in [-0.25, -0.2) is 4.98 Å². The molecule has 1 aliphatic rings. The van der Waals surface area contributed by atoms with Gasteiger partial charge in [0, 0.05) is 24.7 Å². The van der Waals surface area contributed by atoms with Crippen LogP contribution < -0.4 is 10.6 Å². The van der Waals surface area contributed by atoms with E-state index in [0.29, 0.717) is 23.7 Å². The predicted octanol–water partition coefficient (Wildman–Crippen LogP) is 2.17. The summed E-state index contributed by atoms with van der Waals surface area (Å²) in [4.78, 5) is 17.1. The van der Waals surface area contributed by atoms with Crippen LogP contribution in [-0.2, 0) is 0 Å². The van der Waals surface area contributed by atoms with Crippen molar-refractivity contribution in [3.8, 4) is 0 Å². The summed E-state index contributed by atoms with van der Waals surface area (Å²) in [6, 6.07) is 1.91. The second kappa shape index (κ2) is 6.04. The van der Waals surface area contributed by atoms with Crippen molar-refractivity contribution in [3.05, 3.63) is 23.0 Å². The number of fused-ring (bicyclic) bond motifs is 1. The lowest BCUT2D eigenvalue weighted by molar-refractivity contribution is 0.0955. The maximum Gasteiger partial charge on any atom is 0.259 e. The number of likely N-dealkylation sites (N-methyl/N-ethyl adjacent to an activating group) is 1. The van der Waals surface area contributed by atoms with E-state index in [1.54, 1.807) is 0 Å². The van der Waals surface area contributed by atoms with Gasteiger partial charge in [-0.05, 0) is 31.9 Å². The molecule has 0 unspecified atom stereocenters. The lowest BCUT2D eigenvalue weighted by Gasteiger charge is -2.09. The summed E-state index contributed by atoms with van der Waals surface area (Å²) in [7, 11) is 1.86. The quantitative estimate of drug-likeness (QED) is 0.799. The van der Waals surface area contributed by atoms with Gasteiger partial charge in [-0.2, -0.15) is 0 Å². The average molecular weight is 302 g/mol. The minimum atomic E-state index is -0.0883. The third-order valence-corrected chi connectivity index (χ3v) is 3.94. The summed E-state index contributed by atoms with van der Waals surface area (Å²) >= 11 is 0. The first-order chi connectivity index (χ1) is 10.6. The fourth-order valence-electron chi connectivity index (χ4n) is 2.55. The maximum atomic E-state index is 12.6. The van der Waals surface area contributed by atoms with E-state index in [1.165, 1.54) is 0 Å². The molecule has 0 radical (unpaired) electrons. The second-order valence-electron chi connectivity index (χ2n) is 6.13. The monoisotopic (exact) mass is 302 g/mol. The largest absolute Gasteiger partial charge is 0.351 e. The van der Waals surface area contributed by atoms with Crippen molar-refractivity contribution < 1.29 is 9.32 Å². The third-order valence-electron chi connectivity index (χ3n) is 3.94. The lowest BCUT2D eigenvalue weighted by Crippen LogP contribution is -2.30. The Bertz CT molecular complexity index is 689. The molecule has 2 N–H and O–H groups in total. The first kappa shape index (κ1) is 15.0. The first-order valence-electron chi connectivity index (χ1n) is 7.84. The Morgan fingerprint density at radius 3 is 2.82 bits per heavy atom. The zero-order valence-corrected chi connectivity index (χ0v) is 13.3. The van der Waals surface area contributed by atoms with Gasteiger partial charge in [0.25, 0.3) is 11.6 Å². The molecule has 0 saturated heterocycles. The molecule has 1 saturated carbocycles. The standard InChI is InChI=1S/C16H22N4O2/c1-9(2)14-13-11(15(21)18-7-6-17-3)8-12(10-4-5-10)19-16(13)22-20-14/h8-10,17H,4-7H2,1-3H3,(H,18,21). The van der Waals surface area contributed by atoms with Crippen molar-refractivity contribution in [1.29, 1.82) is 0 Å². The highest BCUT2D eigenvalue weighted by Crippen LogP contribution is 2.40. The highest BCUT2D eigenvalue weighted by Gasteiger charge is 2.29. The Morgan fingerprint density at radius 2 is 2.18 bits per heavy atom. The topological polar surface area (TPSA) is 80.0 Å². The number of nitrogens with one attached hydrogen (secondary N) is 2. The number of amides is 1. The van der Waals surface area contributed by atoms with Gasteiger partial charge in [0.05, 0.1) is 16.6 Å². The van der Waals surface area contributed by atoms with Gasteiger partial charge >= 0.3 is 0 Å². The molecule has 22 heavy (non-hydrogen) atoms. The molecular formula is C16H22N4O2. The molecule has 118 valence electrons. The number of hydrogen-bond acceptors (Lipinski definition) is 5. The van der Waals surface area contributed by atoms with Crippen LogP contribution in [0.4, 0.5) is 0 Å². The Balaban J connectivity index is 2.03. The molecule has 0 atom stereocenters. The van der Waals surface area contributed by atoms with Crippen molar-refractivity contribution in [3.63, 3.8) is 0 Å². The molecule has 0 bridgehead atoms. The summed E-state index contributed by atoms with van der Waals surface area (Å²) in [5, 5.41) is 10.8. The molecule has 6 heteroatoms. The molecule has 1 amide bonds. The number of pyridine rings is 1. The number of rotatable bonds is 6. The van der Waals surface area contributed by atoms with E-state index < -0.39 is 0 Å². The van der Waals surface area contributed by atoms with Crippen LogP contribution in [0.15, 0.2) is 10.6 Å².